The van der Waals surface area contributed by atoms with Crippen LogP contribution in [0.1, 0.15) is 43.3 Å². The van der Waals surface area contributed by atoms with Gasteiger partial charge >= 0.3 is 0 Å². The smallest absolute Gasteiger partial charge is 0.226 e. The average molecular weight is 224 g/mol. The molecule has 0 aromatic carbocycles. The van der Waals surface area contributed by atoms with Crippen molar-refractivity contribution in [3.8, 4) is 0 Å². The van der Waals surface area contributed by atoms with E-state index in [0.717, 1.165) is 23.5 Å². The van der Waals surface area contributed by atoms with Crippen LogP contribution in [-0.4, -0.2) is 16.9 Å². The van der Waals surface area contributed by atoms with E-state index < -0.39 is 0 Å². The summed E-state index contributed by atoms with van der Waals surface area (Å²) in [5.41, 5.74) is 0.904. The molecule has 4 heteroatoms. The molecule has 15 heavy (non-hydrogen) atoms. The van der Waals surface area contributed by atoms with Gasteiger partial charge in [0, 0.05) is 17.3 Å². The van der Waals surface area contributed by atoms with Crippen molar-refractivity contribution in [1.29, 1.82) is 0 Å². The lowest BCUT2D eigenvalue weighted by Crippen LogP contribution is -2.27. The normalized spacial score (nSPS) is 15.7. The number of nitrogens with zero attached hydrogens (tertiary/aromatic N) is 1. The highest BCUT2D eigenvalue weighted by atomic mass is 32.1. The number of aromatic nitrogens is 1. The van der Waals surface area contributed by atoms with Gasteiger partial charge < -0.3 is 5.32 Å². The lowest BCUT2D eigenvalue weighted by atomic mass is 10.2. The Kier molecular flexibility index (Phi) is 3.05. The summed E-state index contributed by atoms with van der Waals surface area (Å²) in [5.74, 6) is 0.563. The first-order valence-electron chi connectivity index (χ1n) is 5.39. The molecule has 0 atom stereocenters. The third-order valence-electron chi connectivity index (χ3n) is 2.35. The monoisotopic (exact) mass is 224 g/mol. The molecule has 1 aromatic heterocycles. The van der Waals surface area contributed by atoms with Gasteiger partial charge in [0.15, 0.2) is 0 Å². The van der Waals surface area contributed by atoms with Crippen LogP contribution in [0.2, 0.25) is 0 Å². The molecule has 0 saturated heterocycles. The van der Waals surface area contributed by atoms with Crippen LogP contribution in [0.15, 0.2) is 5.38 Å². The van der Waals surface area contributed by atoms with Gasteiger partial charge in [-0.05, 0) is 12.8 Å². The quantitative estimate of drug-likeness (QED) is 0.851. The molecule has 0 radical (unpaired) electrons. The summed E-state index contributed by atoms with van der Waals surface area (Å²) in [6.07, 6.45) is 2.71. The predicted octanol–water partition coefficient (Wildman–Crippen LogP) is 2.09. The minimum atomic E-state index is 0.109. The van der Waals surface area contributed by atoms with Gasteiger partial charge in [-0.25, -0.2) is 4.98 Å². The van der Waals surface area contributed by atoms with Crippen molar-refractivity contribution in [1.82, 2.24) is 10.3 Å². The fourth-order valence-corrected chi connectivity index (χ4v) is 2.17. The van der Waals surface area contributed by atoms with Crippen molar-refractivity contribution < 1.29 is 4.79 Å². The first-order chi connectivity index (χ1) is 7.15. The van der Waals surface area contributed by atoms with Gasteiger partial charge in [0.05, 0.1) is 17.1 Å². The molecule has 1 aliphatic carbocycles. The van der Waals surface area contributed by atoms with Crippen molar-refractivity contribution in [2.45, 2.75) is 45.1 Å². The molecule has 3 nitrogen and oxygen atoms in total. The number of rotatable bonds is 4. The second-order valence-corrected chi connectivity index (χ2v) is 5.24. The maximum Gasteiger partial charge on any atom is 0.226 e. The number of carbonyl (C=O) groups excluding carboxylic acids is 1. The summed E-state index contributed by atoms with van der Waals surface area (Å²) < 4.78 is 0. The van der Waals surface area contributed by atoms with Gasteiger partial charge in [-0.1, -0.05) is 13.8 Å². The molecule has 1 amide bonds. The molecule has 0 aliphatic heterocycles. The third-order valence-corrected chi connectivity index (χ3v) is 3.54. The lowest BCUT2D eigenvalue weighted by molar-refractivity contribution is -0.120. The van der Waals surface area contributed by atoms with E-state index in [2.05, 4.69) is 24.1 Å². The van der Waals surface area contributed by atoms with Crippen LogP contribution >= 0.6 is 11.3 Å². The van der Waals surface area contributed by atoms with Crippen molar-refractivity contribution in [3.63, 3.8) is 0 Å². The Hall–Kier alpha value is -0.900. The molecule has 82 valence electrons. The molecular weight excluding hydrogens is 208 g/mol. The van der Waals surface area contributed by atoms with Crippen molar-refractivity contribution in [3.05, 3.63) is 16.1 Å². The standard InChI is InChI=1S/C11H16N2OS/c1-7(2)11-13-9(6-15-11)5-10(14)12-8-3-4-8/h6-8H,3-5H2,1-2H3,(H,12,14). The zero-order valence-corrected chi connectivity index (χ0v) is 9.93. The van der Waals surface area contributed by atoms with Crippen LogP contribution in [0.3, 0.4) is 0 Å². The van der Waals surface area contributed by atoms with E-state index in [1.165, 1.54) is 0 Å². The summed E-state index contributed by atoms with van der Waals surface area (Å²) >= 11 is 1.64. The van der Waals surface area contributed by atoms with Gasteiger partial charge in [0.25, 0.3) is 0 Å². The minimum Gasteiger partial charge on any atom is -0.353 e. The van der Waals surface area contributed by atoms with Crippen LogP contribution in [0.5, 0.6) is 0 Å². The van der Waals surface area contributed by atoms with Gasteiger partial charge in [0.1, 0.15) is 0 Å². The van der Waals surface area contributed by atoms with E-state index in [4.69, 9.17) is 0 Å². The van der Waals surface area contributed by atoms with Crippen LogP contribution < -0.4 is 5.32 Å². The summed E-state index contributed by atoms with van der Waals surface area (Å²) in [5, 5.41) is 6.07. The highest BCUT2D eigenvalue weighted by molar-refractivity contribution is 7.09. The summed E-state index contributed by atoms with van der Waals surface area (Å²) in [6, 6.07) is 0.445. The molecule has 0 spiro atoms. The molecule has 0 bridgehead atoms. The van der Waals surface area contributed by atoms with Gasteiger partial charge in [-0.2, -0.15) is 0 Å². The van der Waals surface area contributed by atoms with E-state index in [1.54, 1.807) is 11.3 Å². The maximum absolute atomic E-state index is 11.5. The topological polar surface area (TPSA) is 42.0 Å². The van der Waals surface area contributed by atoms with E-state index in [9.17, 15) is 4.79 Å². The molecule has 1 fully saturated rings. The lowest BCUT2D eigenvalue weighted by Gasteiger charge is -2.00. The number of nitrogens with one attached hydrogen (secondary N) is 1. The average Bonchev–Trinajstić information content (AvgIpc) is 2.82. The number of thiazole rings is 1. The second-order valence-electron chi connectivity index (χ2n) is 4.35. The molecule has 0 unspecified atom stereocenters. The largest absolute Gasteiger partial charge is 0.353 e. The van der Waals surface area contributed by atoms with E-state index in [-0.39, 0.29) is 5.91 Å². The Morgan fingerprint density at radius 3 is 2.93 bits per heavy atom. The molecular formula is C11H16N2OS. The molecule has 1 saturated carbocycles. The van der Waals surface area contributed by atoms with Crippen LogP contribution in [0, 0.1) is 0 Å². The predicted molar refractivity (Wildman–Crippen MR) is 61.1 cm³/mol. The van der Waals surface area contributed by atoms with E-state index in [1.807, 2.05) is 5.38 Å². The van der Waals surface area contributed by atoms with E-state index >= 15 is 0 Å². The molecule has 1 aliphatic rings. The summed E-state index contributed by atoms with van der Waals surface area (Å²) in [7, 11) is 0. The Bertz CT molecular complexity index is 355. The first-order valence-corrected chi connectivity index (χ1v) is 6.27. The first kappa shape index (κ1) is 10.6. The third kappa shape index (κ3) is 3.02. The second kappa shape index (κ2) is 4.31. The van der Waals surface area contributed by atoms with Crippen LogP contribution in [-0.2, 0) is 11.2 Å². The number of carbonyl (C=O) groups is 1. The maximum atomic E-state index is 11.5. The Balaban J connectivity index is 1.88. The van der Waals surface area contributed by atoms with Gasteiger partial charge in [-0.15, -0.1) is 11.3 Å². The summed E-state index contributed by atoms with van der Waals surface area (Å²) in [4.78, 5) is 15.9. The molecule has 1 N–H and O–H groups in total. The number of amides is 1. The Labute approximate surface area is 93.9 Å². The summed E-state index contributed by atoms with van der Waals surface area (Å²) in [6.45, 7) is 4.24. The van der Waals surface area contributed by atoms with Gasteiger partial charge in [0.2, 0.25) is 5.91 Å². The number of hydrogen-bond acceptors (Lipinski definition) is 3. The fourth-order valence-electron chi connectivity index (χ4n) is 1.34. The molecule has 1 aromatic rings. The van der Waals surface area contributed by atoms with Crippen LogP contribution in [0.4, 0.5) is 0 Å². The highest BCUT2D eigenvalue weighted by Crippen LogP contribution is 2.21. The zero-order valence-electron chi connectivity index (χ0n) is 9.12. The van der Waals surface area contributed by atoms with Crippen molar-refractivity contribution in [2.24, 2.45) is 0 Å². The number of hydrogen-bond donors (Lipinski definition) is 1. The minimum absolute atomic E-state index is 0.109. The van der Waals surface area contributed by atoms with Crippen molar-refractivity contribution in [2.75, 3.05) is 0 Å². The van der Waals surface area contributed by atoms with Crippen LogP contribution in [0.25, 0.3) is 0 Å². The van der Waals surface area contributed by atoms with E-state index in [0.29, 0.717) is 18.4 Å². The fraction of sp³-hybridized carbons (Fsp3) is 0.636. The molecule has 1 heterocycles. The van der Waals surface area contributed by atoms with Crippen molar-refractivity contribution >= 4 is 17.2 Å². The SMILES string of the molecule is CC(C)c1nc(CC(=O)NC2CC2)cs1. The Morgan fingerprint density at radius 2 is 2.40 bits per heavy atom. The Morgan fingerprint density at radius 1 is 1.67 bits per heavy atom. The van der Waals surface area contributed by atoms with Gasteiger partial charge in [-0.3, -0.25) is 4.79 Å². The highest BCUT2D eigenvalue weighted by Gasteiger charge is 2.23. The molecule has 2 rings (SSSR count). The zero-order chi connectivity index (χ0) is 10.8.